The maximum absolute atomic E-state index is 12.7. The molecular weight excluding hydrogens is 452 g/mol. The van der Waals surface area contributed by atoms with Gasteiger partial charge in [0.25, 0.3) is 15.9 Å². The van der Waals surface area contributed by atoms with Crippen LogP contribution >= 0.6 is 0 Å². The highest BCUT2D eigenvalue weighted by Gasteiger charge is 2.18. The van der Waals surface area contributed by atoms with Crippen LogP contribution in [0.3, 0.4) is 0 Å². The standard InChI is InChI=1S/C26H28N2O5S/c1-5-20-10-6-9-18(3)25(20)27-24(29)16-33-26(30)21-12-14-22(15-13-21)34(31,32)28-23-11-7-8-17(2)19(23)4/h6-15,28H,5,16H2,1-4H3,(H,27,29). The van der Waals surface area contributed by atoms with Crippen molar-refractivity contribution in [2.45, 2.75) is 39.0 Å². The van der Waals surface area contributed by atoms with Crippen molar-refractivity contribution in [3.63, 3.8) is 0 Å². The minimum Gasteiger partial charge on any atom is -0.452 e. The number of benzene rings is 3. The lowest BCUT2D eigenvalue weighted by Crippen LogP contribution is -2.22. The molecule has 8 heteroatoms. The molecule has 0 atom stereocenters. The molecule has 0 radical (unpaired) electrons. The van der Waals surface area contributed by atoms with E-state index < -0.39 is 28.5 Å². The van der Waals surface area contributed by atoms with Gasteiger partial charge in [-0.2, -0.15) is 0 Å². The summed E-state index contributed by atoms with van der Waals surface area (Å²) in [6.07, 6.45) is 0.755. The molecule has 3 aromatic carbocycles. The number of para-hydroxylation sites is 1. The van der Waals surface area contributed by atoms with Gasteiger partial charge in [0, 0.05) is 5.69 Å². The zero-order valence-electron chi connectivity index (χ0n) is 19.6. The fourth-order valence-electron chi connectivity index (χ4n) is 3.43. The van der Waals surface area contributed by atoms with Crippen LogP contribution < -0.4 is 10.0 Å². The van der Waals surface area contributed by atoms with E-state index in [0.717, 1.165) is 34.4 Å². The SMILES string of the molecule is CCc1cccc(C)c1NC(=O)COC(=O)c1ccc(S(=O)(=O)Nc2cccc(C)c2C)cc1. The summed E-state index contributed by atoms with van der Waals surface area (Å²) in [5.41, 5.74) is 5.07. The first kappa shape index (κ1) is 25.0. The van der Waals surface area contributed by atoms with Crippen LogP contribution in [0.5, 0.6) is 0 Å². The lowest BCUT2D eigenvalue weighted by Gasteiger charge is -2.13. The Labute approximate surface area is 200 Å². The molecule has 3 aromatic rings. The lowest BCUT2D eigenvalue weighted by atomic mass is 10.1. The smallest absolute Gasteiger partial charge is 0.338 e. The zero-order valence-corrected chi connectivity index (χ0v) is 20.5. The van der Waals surface area contributed by atoms with Crippen LogP contribution in [0, 0.1) is 20.8 Å². The Kier molecular flexibility index (Phi) is 7.73. The third-order valence-electron chi connectivity index (χ3n) is 5.59. The van der Waals surface area contributed by atoms with E-state index in [0.29, 0.717) is 5.69 Å². The molecule has 0 spiro atoms. The number of aryl methyl sites for hydroxylation is 3. The first-order valence-corrected chi connectivity index (χ1v) is 12.3. The Hall–Kier alpha value is -3.65. The Balaban J connectivity index is 1.63. The third-order valence-corrected chi connectivity index (χ3v) is 6.97. The summed E-state index contributed by atoms with van der Waals surface area (Å²) in [7, 11) is -3.83. The molecule has 0 saturated carbocycles. The average molecular weight is 481 g/mol. The summed E-state index contributed by atoms with van der Waals surface area (Å²) < 4.78 is 33.2. The largest absolute Gasteiger partial charge is 0.452 e. The van der Waals surface area contributed by atoms with E-state index in [1.807, 2.05) is 52.0 Å². The van der Waals surface area contributed by atoms with Gasteiger partial charge in [0.05, 0.1) is 16.1 Å². The van der Waals surface area contributed by atoms with Crippen molar-refractivity contribution in [3.8, 4) is 0 Å². The van der Waals surface area contributed by atoms with Crippen LogP contribution in [-0.4, -0.2) is 26.9 Å². The van der Waals surface area contributed by atoms with E-state index in [4.69, 9.17) is 4.74 Å². The summed E-state index contributed by atoms with van der Waals surface area (Å²) in [6.45, 7) is 7.17. The number of sulfonamides is 1. The number of carbonyl (C=O) groups is 2. The van der Waals surface area contributed by atoms with Crippen molar-refractivity contribution in [1.82, 2.24) is 0 Å². The second kappa shape index (κ2) is 10.5. The van der Waals surface area contributed by atoms with Crippen LogP contribution in [0.15, 0.2) is 65.6 Å². The number of hydrogen-bond acceptors (Lipinski definition) is 5. The molecule has 0 aromatic heterocycles. The third kappa shape index (κ3) is 5.82. The van der Waals surface area contributed by atoms with Crippen LogP contribution in [0.4, 0.5) is 11.4 Å². The normalized spacial score (nSPS) is 11.1. The predicted molar refractivity (Wildman–Crippen MR) is 133 cm³/mol. The van der Waals surface area contributed by atoms with E-state index in [1.54, 1.807) is 12.1 Å². The fraction of sp³-hybridized carbons (Fsp3) is 0.231. The van der Waals surface area contributed by atoms with Crippen molar-refractivity contribution in [2.24, 2.45) is 0 Å². The van der Waals surface area contributed by atoms with E-state index in [1.165, 1.54) is 24.3 Å². The minimum absolute atomic E-state index is 0.00865. The van der Waals surface area contributed by atoms with Gasteiger partial charge in [-0.3, -0.25) is 9.52 Å². The van der Waals surface area contributed by atoms with Gasteiger partial charge >= 0.3 is 5.97 Å². The van der Waals surface area contributed by atoms with Crippen LogP contribution in [0.1, 0.15) is 39.5 Å². The summed E-state index contributed by atoms with van der Waals surface area (Å²) in [5.74, 6) is -1.17. The van der Waals surface area contributed by atoms with E-state index in [9.17, 15) is 18.0 Å². The van der Waals surface area contributed by atoms with Gasteiger partial charge in [0.15, 0.2) is 6.61 Å². The topological polar surface area (TPSA) is 102 Å². The van der Waals surface area contributed by atoms with Gasteiger partial charge in [-0.25, -0.2) is 13.2 Å². The Morgan fingerprint density at radius 1 is 0.882 bits per heavy atom. The first-order valence-electron chi connectivity index (χ1n) is 10.9. The average Bonchev–Trinajstić information content (AvgIpc) is 2.81. The molecule has 2 N–H and O–H groups in total. The molecule has 1 amide bonds. The van der Waals surface area contributed by atoms with Gasteiger partial charge < -0.3 is 10.1 Å². The number of rotatable bonds is 8. The number of esters is 1. The zero-order chi connectivity index (χ0) is 24.9. The highest BCUT2D eigenvalue weighted by Crippen LogP contribution is 2.23. The van der Waals surface area contributed by atoms with Crippen LogP contribution in [0.2, 0.25) is 0 Å². The number of amides is 1. The summed E-state index contributed by atoms with van der Waals surface area (Å²) >= 11 is 0. The molecule has 0 aliphatic carbocycles. The molecule has 3 rings (SSSR count). The maximum atomic E-state index is 12.7. The number of anilines is 2. The number of hydrogen-bond donors (Lipinski definition) is 2. The summed E-state index contributed by atoms with van der Waals surface area (Å²) in [5, 5.41) is 2.79. The van der Waals surface area contributed by atoms with Gasteiger partial charge in [0.2, 0.25) is 0 Å². The van der Waals surface area contributed by atoms with Gasteiger partial charge in [0.1, 0.15) is 0 Å². The highest BCUT2D eigenvalue weighted by molar-refractivity contribution is 7.92. The van der Waals surface area contributed by atoms with Gasteiger partial charge in [-0.05, 0) is 79.8 Å². The quantitative estimate of drug-likeness (QED) is 0.452. The van der Waals surface area contributed by atoms with Crippen molar-refractivity contribution in [2.75, 3.05) is 16.6 Å². The first-order chi connectivity index (χ1) is 16.1. The van der Waals surface area contributed by atoms with Crippen molar-refractivity contribution in [3.05, 3.63) is 88.5 Å². The number of ether oxygens (including phenoxy) is 1. The summed E-state index contributed by atoms with van der Waals surface area (Å²) in [4.78, 5) is 24.7. The lowest BCUT2D eigenvalue weighted by molar-refractivity contribution is -0.119. The fourth-order valence-corrected chi connectivity index (χ4v) is 4.55. The number of carbonyl (C=O) groups excluding carboxylic acids is 2. The van der Waals surface area contributed by atoms with Crippen LogP contribution in [-0.2, 0) is 26.0 Å². The molecule has 0 saturated heterocycles. The Morgan fingerprint density at radius 3 is 2.21 bits per heavy atom. The molecule has 0 fully saturated rings. The highest BCUT2D eigenvalue weighted by atomic mass is 32.2. The molecule has 0 unspecified atom stereocenters. The molecular formula is C26H28N2O5S. The van der Waals surface area contributed by atoms with Gasteiger partial charge in [-0.1, -0.05) is 37.3 Å². The predicted octanol–water partition coefficient (Wildman–Crippen LogP) is 4.77. The van der Waals surface area contributed by atoms with E-state index >= 15 is 0 Å². The van der Waals surface area contributed by atoms with Crippen molar-refractivity contribution < 1.29 is 22.7 Å². The number of nitrogens with one attached hydrogen (secondary N) is 2. The molecule has 7 nitrogen and oxygen atoms in total. The second-order valence-corrected chi connectivity index (χ2v) is 9.65. The molecule has 0 aliphatic rings. The van der Waals surface area contributed by atoms with Gasteiger partial charge in [-0.15, -0.1) is 0 Å². The van der Waals surface area contributed by atoms with E-state index in [-0.39, 0.29) is 10.5 Å². The second-order valence-electron chi connectivity index (χ2n) is 7.96. The van der Waals surface area contributed by atoms with Crippen LogP contribution in [0.25, 0.3) is 0 Å². The molecule has 0 aliphatic heterocycles. The minimum atomic E-state index is -3.83. The molecule has 178 valence electrons. The molecule has 0 bridgehead atoms. The summed E-state index contributed by atoms with van der Waals surface area (Å²) in [6, 6.07) is 16.5. The molecule has 34 heavy (non-hydrogen) atoms. The van der Waals surface area contributed by atoms with Crippen molar-refractivity contribution >= 4 is 33.3 Å². The Bertz CT molecular complexity index is 1320. The van der Waals surface area contributed by atoms with E-state index in [2.05, 4.69) is 10.0 Å². The Morgan fingerprint density at radius 2 is 1.53 bits per heavy atom. The van der Waals surface area contributed by atoms with Crippen molar-refractivity contribution in [1.29, 1.82) is 0 Å². The monoisotopic (exact) mass is 480 g/mol. The molecule has 0 heterocycles. The maximum Gasteiger partial charge on any atom is 0.338 e.